The van der Waals surface area contributed by atoms with Gasteiger partial charge in [-0.3, -0.25) is 0 Å². The molecule has 18 heavy (non-hydrogen) atoms. The summed E-state index contributed by atoms with van der Waals surface area (Å²) >= 11 is 0. The van der Waals surface area contributed by atoms with Crippen LogP contribution in [-0.4, -0.2) is 26.2 Å². The predicted molar refractivity (Wildman–Crippen MR) is 60.8 cm³/mol. The van der Waals surface area contributed by atoms with Crippen molar-refractivity contribution >= 4 is 5.97 Å². The smallest absolute Gasteiger partial charge is 0.339 e. The van der Waals surface area contributed by atoms with Gasteiger partial charge >= 0.3 is 5.97 Å². The zero-order valence-electron chi connectivity index (χ0n) is 9.75. The Morgan fingerprint density at radius 1 is 1.50 bits per heavy atom. The average Bonchev–Trinajstić information content (AvgIpc) is 2.75. The summed E-state index contributed by atoms with van der Waals surface area (Å²) in [5, 5.41) is 15.8. The molecule has 7 heteroatoms. The van der Waals surface area contributed by atoms with E-state index in [0.717, 1.165) is 11.5 Å². The van der Waals surface area contributed by atoms with E-state index < -0.39 is 5.97 Å². The van der Waals surface area contributed by atoms with E-state index in [1.165, 1.54) is 12.5 Å². The number of hydrogen-bond donors (Lipinski definition) is 2. The maximum Gasteiger partial charge on any atom is 0.339 e. The lowest BCUT2D eigenvalue weighted by molar-refractivity contribution is 0.0694. The summed E-state index contributed by atoms with van der Waals surface area (Å²) in [4.78, 5) is 18.6. The Morgan fingerprint density at radius 3 is 3.00 bits per heavy atom. The summed E-state index contributed by atoms with van der Waals surface area (Å²) < 4.78 is 4.92. The van der Waals surface area contributed by atoms with E-state index in [1.807, 2.05) is 13.0 Å². The van der Waals surface area contributed by atoms with E-state index in [0.29, 0.717) is 18.8 Å². The number of rotatable bonds is 5. The molecular formula is C11H12N4O3. The number of carbonyl (C=O) groups is 1. The molecule has 0 atom stereocenters. The zero-order valence-corrected chi connectivity index (χ0v) is 9.75. The minimum absolute atomic E-state index is 0.0985. The van der Waals surface area contributed by atoms with E-state index in [9.17, 15) is 4.79 Å². The monoisotopic (exact) mass is 248 g/mol. The van der Waals surface area contributed by atoms with Gasteiger partial charge in [0.15, 0.2) is 0 Å². The Bertz CT molecular complexity index is 553. The normalized spacial score (nSPS) is 10.5. The molecular weight excluding hydrogens is 236 g/mol. The summed E-state index contributed by atoms with van der Waals surface area (Å²) in [6.07, 6.45) is 2.61. The van der Waals surface area contributed by atoms with Crippen molar-refractivity contribution in [2.75, 3.05) is 0 Å². The molecule has 0 amide bonds. The molecule has 2 aromatic heterocycles. The number of carboxylic acids is 1. The number of nitrogens with one attached hydrogen (secondary N) is 1. The van der Waals surface area contributed by atoms with Crippen LogP contribution >= 0.6 is 0 Å². The van der Waals surface area contributed by atoms with Gasteiger partial charge in [-0.15, -0.1) is 0 Å². The van der Waals surface area contributed by atoms with Crippen LogP contribution in [0.1, 0.15) is 27.5 Å². The highest BCUT2D eigenvalue weighted by atomic mass is 16.5. The molecule has 0 saturated heterocycles. The van der Waals surface area contributed by atoms with Crippen molar-refractivity contribution in [2.24, 2.45) is 0 Å². The molecule has 2 N–H and O–H groups in total. The molecule has 7 nitrogen and oxygen atoms in total. The number of hydrogen-bond acceptors (Lipinski definition) is 6. The van der Waals surface area contributed by atoms with E-state index in [2.05, 4.69) is 20.4 Å². The summed E-state index contributed by atoms with van der Waals surface area (Å²) in [6.45, 7) is 2.62. The van der Waals surface area contributed by atoms with Gasteiger partial charge in [0.1, 0.15) is 17.7 Å². The summed E-state index contributed by atoms with van der Waals surface area (Å²) in [6, 6.07) is 1.81. The second-order valence-corrected chi connectivity index (χ2v) is 3.72. The molecule has 0 aliphatic rings. The Hall–Kier alpha value is -2.28. The average molecular weight is 248 g/mol. The van der Waals surface area contributed by atoms with Gasteiger partial charge < -0.3 is 14.9 Å². The van der Waals surface area contributed by atoms with Gasteiger partial charge in [-0.05, 0) is 6.92 Å². The second-order valence-electron chi connectivity index (χ2n) is 3.72. The standard InChI is InChI=1S/C11H12N4O3/c1-7-2-8(15-18-7)3-12-5-10-9(11(16)17)4-13-6-14-10/h2,4,6,12H,3,5H2,1H3,(H,16,17). The van der Waals surface area contributed by atoms with Crippen molar-refractivity contribution in [2.45, 2.75) is 20.0 Å². The van der Waals surface area contributed by atoms with E-state index >= 15 is 0 Å². The lowest BCUT2D eigenvalue weighted by Gasteiger charge is -2.04. The Kier molecular flexibility index (Phi) is 3.63. The SMILES string of the molecule is Cc1cc(CNCc2ncncc2C(=O)O)no1. The fraction of sp³-hybridized carbons (Fsp3) is 0.273. The number of aromatic nitrogens is 3. The molecule has 0 radical (unpaired) electrons. The van der Waals surface area contributed by atoms with Crippen molar-refractivity contribution in [3.8, 4) is 0 Å². The van der Waals surface area contributed by atoms with E-state index in [-0.39, 0.29) is 5.56 Å². The Balaban J connectivity index is 1.96. The number of carboxylic acid groups (broad SMARTS) is 1. The lowest BCUT2D eigenvalue weighted by atomic mass is 10.2. The maximum atomic E-state index is 10.9. The van der Waals surface area contributed by atoms with Crippen LogP contribution < -0.4 is 5.32 Å². The summed E-state index contributed by atoms with van der Waals surface area (Å²) in [7, 11) is 0. The first-order chi connectivity index (χ1) is 8.66. The minimum atomic E-state index is -1.04. The molecule has 0 fully saturated rings. The molecule has 0 unspecified atom stereocenters. The van der Waals surface area contributed by atoms with Crippen molar-refractivity contribution in [1.29, 1.82) is 0 Å². The van der Waals surface area contributed by atoms with Crippen molar-refractivity contribution in [3.05, 3.63) is 41.3 Å². The van der Waals surface area contributed by atoms with Crippen molar-refractivity contribution < 1.29 is 14.4 Å². The maximum absolute atomic E-state index is 10.9. The third-order valence-corrected chi connectivity index (χ3v) is 2.30. The zero-order chi connectivity index (χ0) is 13.0. The molecule has 0 bridgehead atoms. The topological polar surface area (TPSA) is 101 Å². The van der Waals surface area contributed by atoms with Crippen LogP contribution in [0.15, 0.2) is 23.1 Å². The fourth-order valence-corrected chi connectivity index (χ4v) is 1.48. The van der Waals surface area contributed by atoms with Gasteiger partial charge in [0, 0.05) is 25.4 Å². The molecule has 0 saturated carbocycles. The molecule has 94 valence electrons. The molecule has 0 spiro atoms. The number of nitrogens with zero attached hydrogens (tertiary/aromatic N) is 3. The first-order valence-corrected chi connectivity index (χ1v) is 5.32. The van der Waals surface area contributed by atoms with Gasteiger partial charge in [0.05, 0.1) is 11.4 Å². The molecule has 0 aliphatic heterocycles. The van der Waals surface area contributed by atoms with Crippen LogP contribution in [0, 0.1) is 6.92 Å². The third kappa shape index (κ3) is 2.89. The predicted octanol–water partition coefficient (Wildman–Crippen LogP) is 0.761. The molecule has 2 heterocycles. The van der Waals surface area contributed by atoms with Crippen LogP contribution in [0.5, 0.6) is 0 Å². The van der Waals surface area contributed by atoms with Crippen LogP contribution in [0.3, 0.4) is 0 Å². The van der Waals surface area contributed by atoms with E-state index in [1.54, 1.807) is 0 Å². The van der Waals surface area contributed by atoms with Gasteiger partial charge in [-0.2, -0.15) is 0 Å². The van der Waals surface area contributed by atoms with Crippen LogP contribution in [0.2, 0.25) is 0 Å². The van der Waals surface area contributed by atoms with E-state index in [4.69, 9.17) is 9.63 Å². The van der Waals surface area contributed by atoms with Gasteiger partial charge in [-0.1, -0.05) is 5.16 Å². The quantitative estimate of drug-likeness (QED) is 0.805. The molecule has 2 rings (SSSR count). The van der Waals surface area contributed by atoms with Gasteiger partial charge in [0.25, 0.3) is 0 Å². The van der Waals surface area contributed by atoms with Crippen molar-refractivity contribution in [3.63, 3.8) is 0 Å². The third-order valence-electron chi connectivity index (χ3n) is 2.30. The van der Waals surface area contributed by atoms with Gasteiger partial charge in [0.2, 0.25) is 0 Å². The first kappa shape index (κ1) is 12.2. The van der Waals surface area contributed by atoms with Crippen LogP contribution in [0.25, 0.3) is 0 Å². The number of aryl methyl sites for hydroxylation is 1. The van der Waals surface area contributed by atoms with Crippen LogP contribution in [-0.2, 0) is 13.1 Å². The minimum Gasteiger partial charge on any atom is -0.478 e. The Labute approximate surface area is 103 Å². The Morgan fingerprint density at radius 2 is 2.33 bits per heavy atom. The highest BCUT2D eigenvalue weighted by molar-refractivity contribution is 5.88. The highest BCUT2D eigenvalue weighted by Gasteiger charge is 2.10. The first-order valence-electron chi connectivity index (χ1n) is 5.32. The second kappa shape index (κ2) is 5.37. The molecule has 0 aromatic carbocycles. The fourth-order valence-electron chi connectivity index (χ4n) is 1.48. The number of aromatic carboxylic acids is 1. The summed E-state index contributed by atoms with van der Waals surface area (Å²) in [5.41, 5.74) is 1.30. The molecule has 0 aliphatic carbocycles. The molecule has 2 aromatic rings. The summed E-state index contributed by atoms with van der Waals surface area (Å²) in [5.74, 6) is -0.301. The largest absolute Gasteiger partial charge is 0.478 e. The van der Waals surface area contributed by atoms with Gasteiger partial charge in [-0.25, -0.2) is 14.8 Å². The highest BCUT2D eigenvalue weighted by Crippen LogP contribution is 2.05. The lowest BCUT2D eigenvalue weighted by Crippen LogP contribution is -2.17. The van der Waals surface area contributed by atoms with Crippen molar-refractivity contribution in [1.82, 2.24) is 20.4 Å². The van der Waals surface area contributed by atoms with Crippen LogP contribution in [0.4, 0.5) is 0 Å².